The van der Waals surface area contributed by atoms with E-state index in [9.17, 15) is 0 Å². The van der Waals surface area contributed by atoms with Crippen LogP contribution >= 0.6 is 0 Å². The Morgan fingerprint density at radius 2 is 1.51 bits per heavy atom. The SMILES string of the molecule is CCCCCC1=Cc2c(-c3ccccc3)cccc2C1c1c([Si](C)C)ccc2c1[cH-]c1ccccc12.[Cl-].[Cl-].[Zr+3]. The van der Waals surface area contributed by atoms with E-state index in [0.29, 0.717) is 5.92 Å². The van der Waals surface area contributed by atoms with E-state index in [1.165, 1.54) is 69.5 Å². The summed E-state index contributed by atoms with van der Waals surface area (Å²) in [6.07, 6.45) is 7.54. The largest absolute Gasteiger partial charge is 3.00 e. The minimum Gasteiger partial charge on any atom is -1.00 e. The van der Waals surface area contributed by atoms with Crippen molar-refractivity contribution in [3.05, 3.63) is 113 Å². The first-order valence-corrected chi connectivity index (χ1v) is 16.0. The zero-order valence-electron chi connectivity index (χ0n) is 22.9. The normalized spacial score (nSPS) is 13.9. The zero-order chi connectivity index (χ0) is 24.6. The molecule has 0 saturated carbocycles. The van der Waals surface area contributed by atoms with Crippen LogP contribution in [0.2, 0.25) is 13.1 Å². The Labute approximate surface area is 266 Å². The van der Waals surface area contributed by atoms with Gasteiger partial charge in [-0.1, -0.05) is 134 Å². The van der Waals surface area contributed by atoms with Gasteiger partial charge in [-0.15, -0.1) is 33.7 Å². The van der Waals surface area contributed by atoms with Crippen molar-refractivity contribution < 1.29 is 51.0 Å². The van der Waals surface area contributed by atoms with E-state index >= 15 is 0 Å². The van der Waals surface area contributed by atoms with Gasteiger partial charge in [0.1, 0.15) is 0 Å². The predicted molar refractivity (Wildman–Crippen MR) is 160 cm³/mol. The summed E-state index contributed by atoms with van der Waals surface area (Å²) >= 11 is 0. The van der Waals surface area contributed by atoms with Gasteiger partial charge in [-0.05, 0) is 35.1 Å². The minimum atomic E-state index is -0.644. The smallest absolute Gasteiger partial charge is 1.00 e. The zero-order valence-corrected chi connectivity index (χ0v) is 27.9. The molecule has 0 bridgehead atoms. The molecule has 1 aliphatic rings. The summed E-state index contributed by atoms with van der Waals surface area (Å²) in [5.41, 5.74) is 8.78. The number of rotatable bonds is 7. The van der Waals surface area contributed by atoms with Crippen molar-refractivity contribution in [1.29, 1.82) is 0 Å². The Kier molecular flexibility index (Phi) is 11.1. The number of hydrogen-bond acceptors (Lipinski definition) is 0. The molecule has 39 heavy (non-hydrogen) atoms. The first-order chi connectivity index (χ1) is 17.7. The molecule has 2 radical (unpaired) electrons. The third-order valence-electron chi connectivity index (χ3n) is 7.97. The number of fused-ring (bicyclic) bond motifs is 4. The van der Waals surface area contributed by atoms with Crippen LogP contribution in [0, 0.1) is 0 Å². The van der Waals surface area contributed by atoms with Crippen LogP contribution in [0.5, 0.6) is 0 Å². The van der Waals surface area contributed by atoms with Crippen LogP contribution in [0.4, 0.5) is 0 Å². The van der Waals surface area contributed by atoms with Gasteiger partial charge >= 0.3 is 26.2 Å². The maximum Gasteiger partial charge on any atom is 3.00 e. The van der Waals surface area contributed by atoms with Crippen molar-refractivity contribution in [1.82, 2.24) is 0 Å². The van der Waals surface area contributed by atoms with Crippen molar-refractivity contribution >= 4 is 41.6 Å². The standard InChI is InChI=1S/C35H34Si.2ClH.Zr/c1-4-5-7-16-26-23-31-27(24-13-8-6-9-14-24)18-12-19-30(31)34(26)35-32-22-25-15-10-11-17-28(25)29(32)20-21-33(35)36(2)3;;;/h6,8-15,17-23,34H,4-5,7,16H2,1-3H3;2*1H;/q-1;;;+3/p-2. The second-order valence-electron chi connectivity index (χ2n) is 10.5. The molecule has 0 N–H and O–H groups in total. The Bertz CT molecular complexity index is 1580. The third-order valence-corrected chi connectivity index (χ3v) is 9.48. The maximum absolute atomic E-state index is 2.56. The molecule has 4 heteroatoms. The minimum absolute atomic E-state index is 0. The van der Waals surface area contributed by atoms with Crippen LogP contribution in [-0.4, -0.2) is 8.80 Å². The average molecular weight is 645 g/mol. The van der Waals surface area contributed by atoms with Gasteiger partial charge in [0.05, 0.1) is 8.80 Å². The monoisotopic (exact) mass is 642 g/mol. The Morgan fingerprint density at radius 1 is 0.769 bits per heavy atom. The number of benzene rings is 4. The molecule has 0 nitrogen and oxygen atoms in total. The van der Waals surface area contributed by atoms with Gasteiger partial charge in [0, 0.05) is 5.92 Å². The Morgan fingerprint density at radius 3 is 2.26 bits per heavy atom. The number of halogens is 2. The first-order valence-electron chi connectivity index (χ1n) is 13.5. The van der Waals surface area contributed by atoms with Gasteiger partial charge in [0.15, 0.2) is 0 Å². The van der Waals surface area contributed by atoms with Crippen LogP contribution in [-0.2, 0) is 26.2 Å². The van der Waals surface area contributed by atoms with Gasteiger partial charge in [-0.2, -0.15) is 0 Å². The van der Waals surface area contributed by atoms with Crippen LogP contribution in [0.1, 0.15) is 55.2 Å². The number of unbranched alkanes of at least 4 members (excludes halogenated alkanes) is 2. The van der Waals surface area contributed by atoms with Crippen LogP contribution in [0.25, 0.3) is 38.7 Å². The summed E-state index contributed by atoms with van der Waals surface area (Å²) in [7, 11) is -0.644. The molecule has 0 fully saturated rings. The molecule has 196 valence electrons. The van der Waals surface area contributed by atoms with E-state index in [1.807, 2.05) is 0 Å². The average Bonchev–Trinajstić information content (AvgIpc) is 3.47. The van der Waals surface area contributed by atoms with Gasteiger partial charge in [-0.3, -0.25) is 0 Å². The summed E-state index contributed by atoms with van der Waals surface area (Å²) in [5, 5.41) is 7.21. The molecule has 5 aromatic rings. The van der Waals surface area contributed by atoms with Crippen molar-refractivity contribution in [3.8, 4) is 11.1 Å². The van der Waals surface area contributed by atoms with E-state index < -0.39 is 8.80 Å². The molecule has 1 unspecified atom stereocenters. The van der Waals surface area contributed by atoms with E-state index in [0.717, 1.165) is 0 Å². The third kappa shape index (κ3) is 5.82. The number of allylic oxidation sites excluding steroid dienone is 1. The van der Waals surface area contributed by atoms with Gasteiger partial charge in [-0.25, -0.2) is 0 Å². The Hall–Kier alpha value is -1.83. The summed E-state index contributed by atoms with van der Waals surface area (Å²) < 4.78 is 0. The molecule has 0 amide bonds. The van der Waals surface area contributed by atoms with Crippen LogP contribution in [0.3, 0.4) is 0 Å². The van der Waals surface area contributed by atoms with Crippen LogP contribution in [0.15, 0.2) is 96.6 Å². The molecule has 0 saturated heterocycles. The molecular weight excluding hydrogens is 611 g/mol. The summed E-state index contributed by atoms with van der Waals surface area (Å²) in [6.45, 7) is 7.21. The molecular formula is C35H34Cl2SiZr. The van der Waals surface area contributed by atoms with Crippen molar-refractivity contribution in [2.24, 2.45) is 0 Å². The van der Waals surface area contributed by atoms with E-state index in [4.69, 9.17) is 0 Å². The summed E-state index contributed by atoms with van der Waals surface area (Å²) in [5.74, 6) is 0.343. The topological polar surface area (TPSA) is 0 Å². The van der Waals surface area contributed by atoms with E-state index in [-0.39, 0.29) is 51.0 Å². The van der Waals surface area contributed by atoms with Crippen LogP contribution < -0.4 is 30.0 Å². The second kappa shape index (κ2) is 13.7. The molecule has 0 heterocycles. The molecule has 0 spiro atoms. The fourth-order valence-electron chi connectivity index (χ4n) is 6.27. The molecule has 1 aliphatic carbocycles. The molecule has 6 rings (SSSR count). The van der Waals surface area contributed by atoms with E-state index in [2.05, 4.69) is 117 Å². The second-order valence-corrected chi connectivity index (χ2v) is 13.0. The predicted octanol–water partition coefficient (Wildman–Crippen LogP) is 3.46. The first kappa shape index (κ1) is 31.7. The Balaban J connectivity index is 0.00000140. The molecule has 5 aromatic carbocycles. The van der Waals surface area contributed by atoms with E-state index in [1.54, 1.807) is 16.3 Å². The number of hydrogen-bond donors (Lipinski definition) is 0. The van der Waals surface area contributed by atoms with Crippen molar-refractivity contribution in [3.63, 3.8) is 0 Å². The maximum atomic E-state index is 2.56. The molecule has 0 aromatic heterocycles. The van der Waals surface area contributed by atoms with Gasteiger partial charge in [0.2, 0.25) is 0 Å². The van der Waals surface area contributed by atoms with Gasteiger partial charge < -0.3 is 24.8 Å². The summed E-state index contributed by atoms with van der Waals surface area (Å²) in [4.78, 5) is 0. The molecule has 1 atom stereocenters. The summed E-state index contributed by atoms with van der Waals surface area (Å²) in [6, 6.07) is 34.2. The fourth-order valence-corrected chi connectivity index (χ4v) is 7.50. The van der Waals surface area contributed by atoms with Crippen molar-refractivity contribution in [2.75, 3.05) is 0 Å². The van der Waals surface area contributed by atoms with Crippen molar-refractivity contribution in [2.45, 2.75) is 51.6 Å². The molecule has 0 aliphatic heterocycles. The fraction of sp³-hybridized carbons (Fsp3) is 0.229. The quantitative estimate of drug-likeness (QED) is 0.145. The van der Waals surface area contributed by atoms with Gasteiger partial charge in [0.25, 0.3) is 0 Å².